The molecule has 0 atom stereocenters. The Balaban J connectivity index is 1.97. The molecule has 0 radical (unpaired) electrons. The van der Waals surface area contributed by atoms with Gasteiger partial charge in [0.25, 0.3) is 0 Å². The molecule has 0 amide bonds. The van der Waals surface area contributed by atoms with E-state index in [-0.39, 0.29) is 0 Å². The van der Waals surface area contributed by atoms with E-state index in [1.54, 1.807) is 18.9 Å². The number of methoxy groups -OCH3 is 1. The van der Waals surface area contributed by atoms with Crippen molar-refractivity contribution >= 4 is 22.7 Å². The maximum atomic E-state index is 5.26. The number of rotatable bonds is 5. The molecule has 1 nitrogen and oxygen atoms in total. The smallest absolute Gasteiger partial charge is 0.118 e. The number of hydrogen-bond acceptors (Lipinski definition) is 2. The number of thioether (sulfide) groups is 1. The van der Waals surface area contributed by atoms with Crippen LogP contribution in [0, 0.1) is 0 Å². The molecule has 0 spiro atoms. The first-order chi connectivity index (χ1) is 11.3. The Hall–Kier alpha value is -2.45. The Morgan fingerprint density at radius 1 is 0.783 bits per heavy atom. The highest BCUT2D eigenvalue weighted by molar-refractivity contribution is 8.08. The zero-order valence-electron chi connectivity index (χ0n) is 13.0. The highest BCUT2D eigenvalue weighted by Crippen LogP contribution is 2.36. The standard InChI is InChI=1S/C21H18OS/c1-22-19-14-12-18(13-15-19)21(16-17-8-4-2-5-9-17)23-20-10-6-3-7-11-20/h2-16H,1H3. The van der Waals surface area contributed by atoms with Crippen molar-refractivity contribution in [2.24, 2.45) is 0 Å². The van der Waals surface area contributed by atoms with Crippen LogP contribution in [0.15, 0.2) is 89.8 Å². The molecule has 0 fully saturated rings. The summed E-state index contributed by atoms with van der Waals surface area (Å²) < 4.78 is 5.26. The van der Waals surface area contributed by atoms with Crippen molar-refractivity contribution < 1.29 is 4.74 Å². The maximum Gasteiger partial charge on any atom is 0.118 e. The van der Waals surface area contributed by atoms with Crippen molar-refractivity contribution in [2.75, 3.05) is 7.11 Å². The monoisotopic (exact) mass is 318 g/mol. The second-order valence-electron chi connectivity index (χ2n) is 5.06. The molecule has 2 heteroatoms. The zero-order chi connectivity index (χ0) is 15.9. The molecule has 114 valence electrons. The van der Waals surface area contributed by atoms with Crippen LogP contribution in [0.4, 0.5) is 0 Å². The first-order valence-electron chi connectivity index (χ1n) is 7.49. The Bertz CT molecular complexity index is 762. The fourth-order valence-electron chi connectivity index (χ4n) is 2.24. The molecular formula is C21H18OS. The predicted octanol–water partition coefficient (Wildman–Crippen LogP) is 5.99. The molecule has 3 aromatic carbocycles. The topological polar surface area (TPSA) is 9.23 Å². The molecule has 23 heavy (non-hydrogen) atoms. The van der Waals surface area contributed by atoms with Crippen LogP contribution >= 0.6 is 11.8 Å². The lowest BCUT2D eigenvalue weighted by atomic mass is 10.1. The van der Waals surface area contributed by atoms with Crippen molar-refractivity contribution in [3.05, 3.63) is 96.1 Å². The second kappa shape index (κ2) is 7.70. The molecular weight excluding hydrogens is 300 g/mol. The molecule has 0 aliphatic carbocycles. The molecule has 0 saturated carbocycles. The fourth-order valence-corrected chi connectivity index (χ4v) is 3.24. The van der Waals surface area contributed by atoms with Gasteiger partial charge in [-0.15, -0.1) is 0 Å². The average molecular weight is 318 g/mol. The van der Waals surface area contributed by atoms with Gasteiger partial charge in [0.15, 0.2) is 0 Å². The molecule has 3 rings (SSSR count). The van der Waals surface area contributed by atoms with Crippen LogP contribution in [0.5, 0.6) is 5.75 Å². The summed E-state index contributed by atoms with van der Waals surface area (Å²) in [6.45, 7) is 0. The molecule has 0 bridgehead atoms. The normalized spacial score (nSPS) is 11.3. The van der Waals surface area contributed by atoms with Crippen LogP contribution in [0.3, 0.4) is 0 Å². The van der Waals surface area contributed by atoms with Crippen LogP contribution < -0.4 is 4.74 Å². The van der Waals surface area contributed by atoms with Gasteiger partial charge in [-0.3, -0.25) is 0 Å². The van der Waals surface area contributed by atoms with Crippen molar-refractivity contribution in [1.29, 1.82) is 0 Å². The van der Waals surface area contributed by atoms with E-state index in [2.05, 4.69) is 66.7 Å². The Kier molecular flexibility index (Phi) is 5.17. The minimum absolute atomic E-state index is 0.873. The molecule has 0 aliphatic rings. The fraction of sp³-hybridized carbons (Fsp3) is 0.0476. The minimum Gasteiger partial charge on any atom is -0.497 e. The van der Waals surface area contributed by atoms with Gasteiger partial charge in [-0.25, -0.2) is 0 Å². The summed E-state index contributed by atoms with van der Waals surface area (Å²) >= 11 is 1.77. The quantitative estimate of drug-likeness (QED) is 0.422. The van der Waals surface area contributed by atoms with Crippen molar-refractivity contribution in [3.63, 3.8) is 0 Å². The van der Waals surface area contributed by atoms with E-state index in [1.807, 2.05) is 24.3 Å². The van der Waals surface area contributed by atoms with Gasteiger partial charge in [0.2, 0.25) is 0 Å². The third-order valence-electron chi connectivity index (χ3n) is 3.44. The van der Waals surface area contributed by atoms with E-state index >= 15 is 0 Å². The third kappa shape index (κ3) is 4.27. The Labute approximate surface area is 141 Å². The van der Waals surface area contributed by atoms with Crippen LogP contribution in [0.1, 0.15) is 11.1 Å². The van der Waals surface area contributed by atoms with Gasteiger partial charge in [0.05, 0.1) is 7.11 Å². The molecule has 0 saturated heterocycles. The predicted molar refractivity (Wildman–Crippen MR) is 99.6 cm³/mol. The van der Waals surface area contributed by atoms with Crippen molar-refractivity contribution in [2.45, 2.75) is 4.90 Å². The van der Waals surface area contributed by atoms with Gasteiger partial charge >= 0.3 is 0 Å². The van der Waals surface area contributed by atoms with Crippen LogP contribution in [-0.2, 0) is 0 Å². The summed E-state index contributed by atoms with van der Waals surface area (Å²) in [5, 5.41) is 0. The maximum absolute atomic E-state index is 5.26. The highest BCUT2D eigenvalue weighted by Gasteiger charge is 2.05. The van der Waals surface area contributed by atoms with E-state index < -0.39 is 0 Å². The van der Waals surface area contributed by atoms with Gasteiger partial charge in [0.1, 0.15) is 5.75 Å². The molecule has 0 heterocycles. The largest absolute Gasteiger partial charge is 0.497 e. The van der Waals surface area contributed by atoms with Gasteiger partial charge < -0.3 is 4.74 Å². The van der Waals surface area contributed by atoms with E-state index in [0.29, 0.717) is 0 Å². The average Bonchev–Trinajstić information content (AvgIpc) is 2.63. The van der Waals surface area contributed by atoms with E-state index in [1.165, 1.54) is 20.9 Å². The molecule has 0 N–H and O–H groups in total. The summed E-state index contributed by atoms with van der Waals surface area (Å²) in [5.74, 6) is 0.873. The van der Waals surface area contributed by atoms with Crippen molar-refractivity contribution in [1.82, 2.24) is 0 Å². The Morgan fingerprint density at radius 3 is 2.00 bits per heavy atom. The van der Waals surface area contributed by atoms with Crippen LogP contribution in [0.2, 0.25) is 0 Å². The minimum atomic E-state index is 0.873. The van der Waals surface area contributed by atoms with Gasteiger partial charge in [-0.2, -0.15) is 0 Å². The lowest BCUT2D eigenvalue weighted by Crippen LogP contribution is -1.85. The van der Waals surface area contributed by atoms with Crippen molar-refractivity contribution in [3.8, 4) is 5.75 Å². The first-order valence-corrected chi connectivity index (χ1v) is 8.31. The first kappa shape index (κ1) is 15.4. The summed E-state index contributed by atoms with van der Waals surface area (Å²) in [4.78, 5) is 2.44. The van der Waals surface area contributed by atoms with Gasteiger partial charge in [-0.1, -0.05) is 72.4 Å². The Morgan fingerprint density at radius 2 is 1.39 bits per heavy atom. The molecule has 0 unspecified atom stereocenters. The van der Waals surface area contributed by atoms with Crippen LogP contribution in [-0.4, -0.2) is 7.11 Å². The number of ether oxygens (including phenoxy) is 1. The zero-order valence-corrected chi connectivity index (χ0v) is 13.8. The molecule has 0 aromatic heterocycles. The van der Waals surface area contributed by atoms with Gasteiger partial charge in [-0.05, 0) is 41.5 Å². The second-order valence-corrected chi connectivity index (χ2v) is 6.18. The molecule has 3 aromatic rings. The SMILES string of the molecule is COc1ccc(C(=Cc2ccccc2)Sc2ccccc2)cc1. The summed E-state index contributed by atoms with van der Waals surface area (Å²) in [6, 6.07) is 29.0. The number of hydrogen-bond donors (Lipinski definition) is 0. The van der Waals surface area contributed by atoms with E-state index in [9.17, 15) is 0 Å². The van der Waals surface area contributed by atoms with E-state index in [4.69, 9.17) is 4.74 Å². The summed E-state index contributed by atoms with van der Waals surface area (Å²) in [7, 11) is 1.69. The third-order valence-corrected chi connectivity index (χ3v) is 4.52. The summed E-state index contributed by atoms with van der Waals surface area (Å²) in [6.07, 6.45) is 2.22. The molecule has 0 aliphatic heterocycles. The number of benzene rings is 3. The van der Waals surface area contributed by atoms with E-state index in [0.717, 1.165) is 5.75 Å². The lowest BCUT2D eigenvalue weighted by molar-refractivity contribution is 0.415. The van der Waals surface area contributed by atoms with Crippen LogP contribution in [0.25, 0.3) is 11.0 Å². The summed E-state index contributed by atoms with van der Waals surface area (Å²) in [5.41, 5.74) is 2.38. The van der Waals surface area contributed by atoms with Gasteiger partial charge in [0, 0.05) is 9.80 Å². The highest BCUT2D eigenvalue weighted by atomic mass is 32.2. The lowest BCUT2D eigenvalue weighted by Gasteiger charge is -2.09.